The fourth-order valence-corrected chi connectivity index (χ4v) is 3.89. The Hall–Kier alpha value is -3.98. The van der Waals surface area contributed by atoms with Gasteiger partial charge in [0.05, 0.1) is 18.1 Å². The van der Waals surface area contributed by atoms with E-state index in [-0.39, 0.29) is 11.6 Å². The molecular formula is C24H15BrF2N6. The zero-order valence-corrected chi connectivity index (χ0v) is 18.6. The Morgan fingerprint density at radius 1 is 0.697 bits per heavy atom. The first-order valence-electron chi connectivity index (χ1n) is 9.87. The number of nitrogens with zero attached hydrogens (tertiary/aromatic N) is 6. The number of imidazole rings is 2. The van der Waals surface area contributed by atoms with E-state index in [2.05, 4.69) is 35.9 Å². The number of hydrogen-bond acceptors (Lipinski definition) is 4. The first-order valence-corrected chi connectivity index (χ1v) is 10.7. The maximum atomic E-state index is 12.9. The molecule has 0 unspecified atom stereocenters. The average Bonchev–Trinajstić information content (AvgIpc) is 3.42. The number of rotatable bonds is 2. The molecule has 2 aromatic carbocycles. The molecule has 0 atom stereocenters. The second kappa shape index (κ2) is 8.87. The summed E-state index contributed by atoms with van der Waals surface area (Å²) in [4.78, 5) is 16.8. The monoisotopic (exact) mass is 504 g/mol. The Bertz CT molecular complexity index is 1510. The van der Waals surface area contributed by atoms with Crippen LogP contribution in [-0.2, 0) is 0 Å². The van der Waals surface area contributed by atoms with Crippen LogP contribution in [0.2, 0.25) is 0 Å². The summed E-state index contributed by atoms with van der Waals surface area (Å²) in [6.07, 6.45) is 12.3. The summed E-state index contributed by atoms with van der Waals surface area (Å²) in [5.74, 6) is -0.496. The lowest BCUT2D eigenvalue weighted by molar-refractivity contribution is 0.627. The van der Waals surface area contributed by atoms with Gasteiger partial charge in [0, 0.05) is 42.1 Å². The molecule has 0 saturated heterocycles. The van der Waals surface area contributed by atoms with Crippen molar-refractivity contribution in [2.75, 3.05) is 0 Å². The summed E-state index contributed by atoms with van der Waals surface area (Å²) in [7, 11) is 0. The van der Waals surface area contributed by atoms with Crippen molar-refractivity contribution in [3.8, 4) is 22.5 Å². The Morgan fingerprint density at radius 2 is 1.30 bits per heavy atom. The SMILES string of the molecule is Fc1ccc(-c2cn3ccncc3n2)cc1.Fc1ccc(-c2nc3cnccn3c2Br)cc1. The molecule has 6 aromatic rings. The van der Waals surface area contributed by atoms with Gasteiger partial charge in [-0.3, -0.25) is 14.4 Å². The highest BCUT2D eigenvalue weighted by atomic mass is 79.9. The van der Waals surface area contributed by atoms with Crippen LogP contribution in [0, 0.1) is 11.6 Å². The van der Waals surface area contributed by atoms with Crippen molar-refractivity contribution in [1.29, 1.82) is 0 Å². The third-order valence-electron chi connectivity index (χ3n) is 4.89. The molecule has 6 nitrogen and oxygen atoms in total. The molecule has 0 saturated carbocycles. The normalized spacial score (nSPS) is 10.9. The molecule has 0 amide bonds. The van der Waals surface area contributed by atoms with E-state index in [4.69, 9.17) is 0 Å². The lowest BCUT2D eigenvalue weighted by atomic mass is 10.2. The van der Waals surface area contributed by atoms with E-state index < -0.39 is 0 Å². The number of benzene rings is 2. The topological polar surface area (TPSA) is 60.4 Å². The molecule has 0 radical (unpaired) electrons. The van der Waals surface area contributed by atoms with Crippen LogP contribution < -0.4 is 0 Å². The molecule has 6 rings (SSSR count). The van der Waals surface area contributed by atoms with Crippen LogP contribution in [0.5, 0.6) is 0 Å². The van der Waals surface area contributed by atoms with E-state index in [1.165, 1.54) is 24.3 Å². The first kappa shape index (κ1) is 20.9. The Morgan fingerprint density at radius 3 is 1.94 bits per heavy atom. The summed E-state index contributed by atoms with van der Waals surface area (Å²) in [6.45, 7) is 0. The standard InChI is InChI=1S/C12H7BrFN3.C12H8FN3/c13-12-11(8-1-3-9(14)4-2-8)16-10-7-15-5-6-17(10)12;13-10-3-1-9(2-4-10)11-8-16-6-5-14-7-12(16)15-11/h1-7H;1-8H. The van der Waals surface area contributed by atoms with Gasteiger partial charge in [0.15, 0.2) is 11.3 Å². The minimum atomic E-state index is -0.254. The van der Waals surface area contributed by atoms with Gasteiger partial charge in [0.2, 0.25) is 0 Å². The average molecular weight is 505 g/mol. The highest BCUT2D eigenvalue weighted by Crippen LogP contribution is 2.28. The Balaban J connectivity index is 0.000000139. The van der Waals surface area contributed by atoms with Gasteiger partial charge in [-0.2, -0.15) is 0 Å². The fraction of sp³-hybridized carbons (Fsp3) is 0. The molecule has 0 aliphatic carbocycles. The molecule has 0 N–H and O–H groups in total. The van der Waals surface area contributed by atoms with Gasteiger partial charge in [-0.25, -0.2) is 18.7 Å². The second-order valence-corrected chi connectivity index (χ2v) is 7.79. The molecule has 4 aromatic heterocycles. The summed E-state index contributed by atoms with van der Waals surface area (Å²) in [6, 6.07) is 12.5. The highest BCUT2D eigenvalue weighted by Gasteiger charge is 2.11. The van der Waals surface area contributed by atoms with Crippen LogP contribution in [-0.4, -0.2) is 28.7 Å². The van der Waals surface area contributed by atoms with Gasteiger partial charge in [-0.15, -0.1) is 0 Å². The lowest BCUT2D eigenvalue weighted by Crippen LogP contribution is -1.84. The molecule has 0 aliphatic rings. The van der Waals surface area contributed by atoms with Crippen LogP contribution >= 0.6 is 15.9 Å². The molecular weight excluding hydrogens is 490 g/mol. The molecule has 4 heterocycles. The van der Waals surface area contributed by atoms with E-state index in [9.17, 15) is 8.78 Å². The first-order chi connectivity index (χ1) is 16.1. The van der Waals surface area contributed by atoms with Gasteiger partial charge >= 0.3 is 0 Å². The summed E-state index contributed by atoms with van der Waals surface area (Å²) in [5.41, 5.74) is 4.87. The maximum Gasteiger partial charge on any atom is 0.156 e. The molecule has 9 heteroatoms. The van der Waals surface area contributed by atoms with Crippen LogP contribution in [0.15, 0.2) is 96.5 Å². The van der Waals surface area contributed by atoms with Crippen molar-refractivity contribution in [1.82, 2.24) is 28.7 Å². The van der Waals surface area contributed by atoms with Gasteiger partial charge in [0.25, 0.3) is 0 Å². The van der Waals surface area contributed by atoms with Gasteiger partial charge in [-0.1, -0.05) is 0 Å². The van der Waals surface area contributed by atoms with Crippen LogP contribution in [0.4, 0.5) is 8.78 Å². The molecule has 0 fully saturated rings. The molecule has 33 heavy (non-hydrogen) atoms. The predicted molar refractivity (Wildman–Crippen MR) is 124 cm³/mol. The van der Waals surface area contributed by atoms with Gasteiger partial charge in [0.1, 0.15) is 21.9 Å². The number of fused-ring (bicyclic) bond motifs is 2. The zero-order valence-electron chi connectivity index (χ0n) is 17.0. The van der Waals surface area contributed by atoms with E-state index in [0.29, 0.717) is 0 Å². The van der Waals surface area contributed by atoms with Crippen molar-refractivity contribution in [2.24, 2.45) is 0 Å². The highest BCUT2D eigenvalue weighted by molar-refractivity contribution is 9.10. The summed E-state index contributed by atoms with van der Waals surface area (Å²) >= 11 is 3.49. The number of hydrogen-bond donors (Lipinski definition) is 0. The maximum absolute atomic E-state index is 12.9. The van der Waals surface area contributed by atoms with Crippen molar-refractivity contribution in [2.45, 2.75) is 0 Å². The van der Waals surface area contributed by atoms with Gasteiger partial charge in [-0.05, 0) is 64.5 Å². The van der Waals surface area contributed by atoms with Crippen molar-refractivity contribution >= 4 is 27.2 Å². The molecule has 0 aliphatic heterocycles. The van der Waals surface area contributed by atoms with Crippen LogP contribution in [0.3, 0.4) is 0 Å². The van der Waals surface area contributed by atoms with Gasteiger partial charge < -0.3 is 4.40 Å². The molecule has 0 bridgehead atoms. The van der Waals surface area contributed by atoms with Crippen molar-refractivity contribution in [3.63, 3.8) is 0 Å². The largest absolute Gasteiger partial charge is 0.304 e. The second-order valence-electron chi connectivity index (χ2n) is 7.04. The minimum Gasteiger partial charge on any atom is -0.304 e. The predicted octanol–water partition coefficient (Wildman–Crippen LogP) is 5.83. The summed E-state index contributed by atoms with van der Waals surface area (Å²) < 4.78 is 30.2. The molecule has 162 valence electrons. The molecule has 0 spiro atoms. The van der Waals surface area contributed by atoms with E-state index in [0.717, 1.165) is 38.4 Å². The van der Waals surface area contributed by atoms with E-state index >= 15 is 0 Å². The third kappa shape index (κ3) is 4.35. The lowest BCUT2D eigenvalue weighted by Gasteiger charge is -1.97. The smallest absolute Gasteiger partial charge is 0.156 e. The van der Waals surface area contributed by atoms with Crippen LogP contribution in [0.1, 0.15) is 0 Å². The fourth-order valence-electron chi connectivity index (χ4n) is 3.27. The Kier molecular flexibility index (Phi) is 5.62. The minimum absolute atomic E-state index is 0.241. The zero-order chi connectivity index (χ0) is 22.8. The van der Waals surface area contributed by atoms with Crippen molar-refractivity contribution < 1.29 is 8.78 Å². The van der Waals surface area contributed by atoms with Crippen molar-refractivity contribution in [3.05, 3.63) is 108 Å². The Labute approximate surface area is 195 Å². The summed E-state index contributed by atoms with van der Waals surface area (Å²) in [5, 5.41) is 0. The number of halogens is 3. The number of aromatic nitrogens is 6. The quantitative estimate of drug-likeness (QED) is 0.297. The third-order valence-corrected chi connectivity index (χ3v) is 5.65. The van der Waals surface area contributed by atoms with Crippen LogP contribution in [0.25, 0.3) is 33.8 Å². The van der Waals surface area contributed by atoms with E-state index in [1.807, 2.05) is 27.4 Å². The van der Waals surface area contributed by atoms with E-state index in [1.54, 1.807) is 49.1 Å².